The molecule has 0 aliphatic carbocycles. The van der Waals surface area contributed by atoms with Crippen molar-refractivity contribution in [2.75, 3.05) is 24.7 Å². The number of hydrogen-bond acceptors (Lipinski definition) is 7. The minimum absolute atomic E-state index is 0.0310. The zero-order chi connectivity index (χ0) is 25.1. The first-order valence-corrected chi connectivity index (χ1v) is 10.2. The average Bonchev–Trinajstić information content (AvgIpc) is 3.19. The molecule has 1 heterocycles. The third kappa shape index (κ3) is 5.21. The molecule has 8 nitrogen and oxygen atoms in total. The van der Waals surface area contributed by atoms with Gasteiger partial charge in [-0.2, -0.15) is 0 Å². The topological polar surface area (TPSA) is 112 Å². The number of phenolic OH excluding ortho intramolecular Hbond substituents is 1. The van der Waals surface area contributed by atoms with E-state index in [0.29, 0.717) is 12.5 Å². The molecular formula is C23H27F2N3O5. The Kier molecular flexibility index (Phi) is 7.63. The van der Waals surface area contributed by atoms with Gasteiger partial charge in [0, 0.05) is 21.0 Å². The van der Waals surface area contributed by atoms with Gasteiger partial charge >= 0.3 is 0 Å². The van der Waals surface area contributed by atoms with E-state index in [1.165, 1.54) is 49.5 Å². The summed E-state index contributed by atoms with van der Waals surface area (Å²) in [6, 6.07) is 3.92. The lowest BCUT2D eigenvalue weighted by Gasteiger charge is -2.26. The maximum Gasteiger partial charge on any atom is 0.272 e. The molecule has 0 saturated heterocycles. The molecule has 0 aliphatic rings. The van der Waals surface area contributed by atoms with Crippen LogP contribution in [0.25, 0.3) is 0 Å². The molecular weight excluding hydrogens is 436 g/mol. The molecule has 3 N–H and O–H groups in total. The van der Waals surface area contributed by atoms with Crippen molar-refractivity contribution in [1.29, 1.82) is 0 Å². The Morgan fingerprint density at radius 3 is 2.27 bits per heavy atom. The molecule has 0 saturated carbocycles. The first kappa shape index (κ1) is 25.6. The van der Waals surface area contributed by atoms with Gasteiger partial charge in [-0.05, 0) is 30.7 Å². The van der Waals surface area contributed by atoms with Gasteiger partial charge in [0.2, 0.25) is 0 Å². The van der Waals surface area contributed by atoms with Crippen LogP contribution in [-0.2, 0) is 0 Å². The quantitative estimate of drug-likeness (QED) is 0.356. The van der Waals surface area contributed by atoms with E-state index in [9.17, 15) is 28.3 Å². The number of furan rings is 1. The second-order valence-electron chi connectivity index (χ2n) is 7.49. The van der Waals surface area contributed by atoms with Gasteiger partial charge in [0.05, 0.1) is 17.5 Å². The number of carbonyl (C=O) groups excluding carboxylic acids is 1. The van der Waals surface area contributed by atoms with Crippen molar-refractivity contribution < 1.29 is 23.1 Å². The highest BCUT2D eigenvalue weighted by molar-refractivity contribution is 5.99. The number of phenols is 1. The van der Waals surface area contributed by atoms with Gasteiger partial charge < -0.3 is 25.1 Å². The lowest BCUT2D eigenvalue weighted by molar-refractivity contribution is -0.00524. The summed E-state index contributed by atoms with van der Waals surface area (Å²) in [7, 11) is 3.00. The Labute approximate surface area is 189 Å². The molecule has 10 heteroatoms. The van der Waals surface area contributed by atoms with E-state index in [2.05, 4.69) is 10.6 Å². The Bertz CT molecular complexity index is 1200. The lowest BCUT2D eigenvalue weighted by atomic mass is 10.1. The number of para-hydroxylation sites is 1. The summed E-state index contributed by atoms with van der Waals surface area (Å²) in [5, 5.41) is 15.4. The highest BCUT2D eigenvalue weighted by Gasteiger charge is 2.40. The molecule has 0 aliphatic heterocycles. The maximum atomic E-state index is 14.2. The summed E-state index contributed by atoms with van der Waals surface area (Å²) >= 11 is 0. The number of hydrogen-bond donors (Lipinski definition) is 3. The summed E-state index contributed by atoms with van der Waals surface area (Å²) in [5.74, 6) is -4.37. The molecule has 1 amide bonds. The van der Waals surface area contributed by atoms with Crippen LogP contribution in [0.5, 0.6) is 5.75 Å². The number of anilines is 3. The molecule has 0 bridgehead atoms. The van der Waals surface area contributed by atoms with Gasteiger partial charge in [0.25, 0.3) is 22.7 Å². The van der Waals surface area contributed by atoms with Crippen molar-refractivity contribution >= 4 is 23.0 Å². The molecule has 3 aromatic rings. The van der Waals surface area contributed by atoms with Crippen LogP contribution in [-0.4, -0.2) is 35.9 Å². The van der Waals surface area contributed by atoms with Crippen LogP contribution in [0.3, 0.4) is 0 Å². The fourth-order valence-corrected chi connectivity index (χ4v) is 3.04. The normalized spacial score (nSPS) is 12.0. The van der Waals surface area contributed by atoms with Crippen molar-refractivity contribution in [3.63, 3.8) is 0 Å². The largest absolute Gasteiger partial charge is 0.505 e. The summed E-state index contributed by atoms with van der Waals surface area (Å²) < 4.78 is 33.6. The van der Waals surface area contributed by atoms with Crippen molar-refractivity contribution in [2.24, 2.45) is 0 Å². The molecule has 0 spiro atoms. The number of halogens is 2. The minimum Gasteiger partial charge on any atom is -0.505 e. The van der Waals surface area contributed by atoms with Crippen LogP contribution in [0.4, 0.5) is 25.8 Å². The number of amides is 1. The van der Waals surface area contributed by atoms with Gasteiger partial charge in [-0.3, -0.25) is 14.4 Å². The minimum atomic E-state index is -3.33. The monoisotopic (exact) mass is 463 g/mol. The van der Waals surface area contributed by atoms with E-state index >= 15 is 0 Å². The van der Waals surface area contributed by atoms with Crippen molar-refractivity contribution in [2.45, 2.75) is 39.7 Å². The molecule has 3 rings (SSSR count). The van der Waals surface area contributed by atoms with Crippen LogP contribution in [0.2, 0.25) is 0 Å². The first-order valence-electron chi connectivity index (χ1n) is 10.2. The Balaban J connectivity index is 0.00000187. The number of nitrogens with zero attached hydrogens (tertiary/aromatic N) is 1. The summed E-state index contributed by atoms with van der Waals surface area (Å²) in [6.45, 7) is 6.32. The fourth-order valence-electron chi connectivity index (χ4n) is 3.04. The Morgan fingerprint density at radius 2 is 1.76 bits per heavy atom. The first-order chi connectivity index (χ1) is 15.4. The van der Waals surface area contributed by atoms with Gasteiger partial charge in [-0.15, -0.1) is 0 Å². The van der Waals surface area contributed by atoms with Crippen molar-refractivity contribution in [3.8, 4) is 5.75 Å². The third-order valence-electron chi connectivity index (χ3n) is 4.67. The SMILES string of the molecule is CC.Cc1coc([C@H](Nc2c(Nc3cccc(C(=O)N(C)C)c3O)c(=O)c2=O)C(C)(F)F)c1. The predicted molar refractivity (Wildman–Crippen MR) is 123 cm³/mol. The lowest BCUT2D eigenvalue weighted by Crippen LogP contribution is -2.40. The second-order valence-corrected chi connectivity index (χ2v) is 7.49. The molecule has 0 radical (unpaired) electrons. The molecule has 0 fully saturated rings. The summed E-state index contributed by atoms with van der Waals surface area (Å²) in [5.41, 5.74) is -2.05. The summed E-state index contributed by atoms with van der Waals surface area (Å²) in [6.07, 6.45) is 1.29. The van der Waals surface area contributed by atoms with E-state index in [4.69, 9.17) is 4.42 Å². The standard InChI is InChI=1S/C21H21F2N3O5.C2H6/c1-10-8-13(31-9-10)19(21(2,22)23)25-15-14(17(28)18(15)29)24-12-7-5-6-11(16(12)27)20(30)26(3)4;1-2/h5-9,19,24-25,27H,1-4H3;1-2H3/t19-;/m0./s1. The third-order valence-corrected chi connectivity index (χ3v) is 4.67. The molecule has 1 atom stereocenters. The van der Waals surface area contributed by atoms with E-state index in [1.807, 2.05) is 13.8 Å². The Morgan fingerprint density at radius 1 is 1.15 bits per heavy atom. The van der Waals surface area contributed by atoms with Crippen LogP contribution in [0, 0.1) is 6.92 Å². The predicted octanol–water partition coefficient (Wildman–Crippen LogP) is 4.17. The van der Waals surface area contributed by atoms with Gasteiger partial charge in [0.1, 0.15) is 23.2 Å². The average molecular weight is 463 g/mol. The van der Waals surface area contributed by atoms with Crippen LogP contribution in [0.15, 0.2) is 44.5 Å². The van der Waals surface area contributed by atoms with Gasteiger partial charge in [-0.25, -0.2) is 8.78 Å². The van der Waals surface area contributed by atoms with Gasteiger partial charge in [-0.1, -0.05) is 19.9 Å². The molecule has 0 unspecified atom stereocenters. The van der Waals surface area contributed by atoms with Crippen molar-refractivity contribution in [3.05, 3.63) is 67.9 Å². The number of rotatable bonds is 7. The van der Waals surface area contributed by atoms with E-state index in [0.717, 1.165) is 0 Å². The highest BCUT2D eigenvalue weighted by Crippen LogP contribution is 2.37. The summed E-state index contributed by atoms with van der Waals surface area (Å²) in [4.78, 5) is 37.6. The number of aromatic hydroxyl groups is 1. The van der Waals surface area contributed by atoms with Gasteiger partial charge in [0.15, 0.2) is 5.75 Å². The number of alkyl halides is 2. The molecule has 1 aromatic heterocycles. The highest BCUT2D eigenvalue weighted by atomic mass is 19.3. The van der Waals surface area contributed by atoms with E-state index in [1.54, 1.807) is 6.92 Å². The number of benzene rings is 1. The zero-order valence-electron chi connectivity index (χ0n) is 19.2. The van der Waals surface area contributed by atoms with Crippen LogP contribution >= 0.6 is 0 Å². The second kappa shape index (κ2) is 9.85. The fraction of sp³-hybridized carbons (Fsp3) is 0.348. The number of carbonyl (C=O) groups is 1. The number of nitrogens with one attached hydrogen (secondary N) is 2. The maximum absolute atomic E-state index is 14.2. The van der Waals surface area contributed by atoms with E-state index in [-0.39, 0.29) is 28.4 Å². The molecule has 178 valence electrons. The molecule has 2 aromatic carbocycles. The zero-order valence-corrected chi connectivity index (χ0v) is 19.2. The van der Waals surface area contributed by atoms with E-state index < -0.39 is 34.5 Å². The Hall–Kier alpha value is -3.69. The molecule has 33 heavy (non-hydrogen) atoms. The van der Waals surface area contributed by atoms with Crippen LogP contribution < -0.4 is 21.5 Å². The smallest absolute Gasteiger partial charge is 0.272 e. The van der Waals surface area contributed by atoms with Crippen LogP contribution in [0.1, 0.15) is 48.5 Å². The van der Waals surface area contributed by atoms with Crippen molar-refractivity contribution in [1.82, 2.24) is 4.90 Å². The number of aryl methyl sites for hydroxylation is 1.